The van der Waals surface area contributed by atoms with Crippen LogP contribution in [0.3, 0.4) is 0 Å². The molecule has 0 aromatic heterocycles. The molecule has 90 valence electrons. The lowest BCUT2D eigenvalue weighted by atomic mass is 10.1. The van der Waals surface area contributed by atoms with Crippen LogP contribution in [0.1, 0.15) is 46.5 Å². The highest BCUT2D eigenvalue weighted by molar-refractivity contribution is 5.77. The van der Waals surface area contributed by atoms with Gasteiger partial charge >= 0.3 is 0 Å². The lowest BCUT2D eigenvalue weighted by molar-refractivity contribution is -0.118. The average Bonchev–Trinajstić information content (AvgIpc) is 2.15. The lowest BCUT2D eigenvalue weighted by Crippen LogP contribution is -2.35. The maximum Gasteiger partial charge on any atom is 0.143 e. The second-order valence-corrected chi connectivity index (χ2v) is 4.47. The molecule has 0 aliphatic rings. The van der Waals surface area contributed by atoms with Gasteiger partial charge in [0.25, 0.3) is 0 Å². The highest BCUT2D eigenvalue weighted by atomic mass is 16.1. The van der Waals surface area contributed by atoms with Gasteiger partial charge in [-0.05, 0) is 46.7 Å². The molecule has 3 heteroatoms. The van der Waals surface area contributed by atoms with Crippen molar-refractivity contribution >= 4 is 5.78 Å². The zero-order valence-corrected chi connectivity index (χ0v) is 10.5. The topological polar surface area (TPSA) is 46.3 Å². The highest BCUT2D eigenvalue weighted by Crippen LogP contribution is 2.04. The monoisotopic (exact) mass is 214 g/mol. The van der Waals surface area contributed by atoms with E-state index < -0.39 is 0 Å². The molecule has 0 aromatic rings. The van der Waals surface area contributed by atoms with Crippen molar-refractivity contribution in [2.24, 2.45) is 5.73 Å². The Morgan fingerprint density at radius 1 is 1.20 bits per heavy atom. The molecule has 0 amide bonds. The number of carbonyl (C=O) groups excluding carboxylic acids is 1. The minimum Gasteiger partial charge on any atom is -0.330 e. The van der Waals surface area contributed by atoms with Crippen molar-refractivity contribution in [3.8, 4) is 0 Å². The van der Waals surface area contributed by atoms with Gasteiger partial charge in [-0.2, -0.15) is 0 Å². The number of nitrogens with zero attached hydrogens (tertiary/aromatic N) is 1. The third-order valence-corrected chi connectivity index (χ3v) is 2.56. The number of nitrogens with two attached hydrogens (primary N) is 1. The molecule has 0 atom stereocenters. The second kappa shape index (κ2) is 8.86. The fraction of sp³-hybridized carbons (Fsp3) is 0.917. The predicted molar refractivity (Wildman–Crippen MR) is 64.9 cm³/mol. The molecule has 0 aromatic carbocycles. The lowest BCUT2D eigenvalue weighted by Gasteiger charge is -2.25. The van der Waals surface area contributed by atoms with Crippen LogP contribution in [-0.4, -0.2) is 36.4 Å². The van der Waals surface area contributed by atoms with Crippen molar-refractivity contribution in [2.45, 2.75) is 52.5 Å². The van der Waals surface area contributed by atoms with Crippen LogP contribution in [0.2, 0.25) is 0 Å². The van der Waals surface area contributed by atoms with Crippen LogP contribution in [0.25, 0.3) is 0 Å². The van der Waals surface area contributed by atoms with E-state index in [1.54, 1.807) is 6.92 Å². The van der Waals surface area contributed by atoms with E-state index in [-0.39, 0.29) is 5.78 Å². The molecule has 0 saturated carbocycles. The van der Waals surface area contributed by atoms with Crippen LogP contribution in [0.4, 0.5) is 0 Å². The maximum absolute atomic E-state index is 11.0. The number of hydrogen-bond acceptors (Lipinski definition) is 3. The molecule has 15 heavy (non-hydrogen) atoms. The summed E-state index contributed by atoms with van der Waals surface area (Å²) in [6.45, 7) is 8.35. The van der Waals surface area contributed by atoms with E-state index in [9.17, 15) is 4.79 Å². The summed E-state index contributed by atoms with van der Waals surface area (Å²) in [7, 11) is 0. The van der Waals surface area contributed by atoms with Crippen molar-refractivity contribution in [1.82, 2.24) is 4.90 Å². The third kappa shape index (κ3) is 8.58. The van der Waals surface area contributed by atoms with E-state index in [2.05, 4.69) is 18.7 Å². The van der Waals surface area contributed by atoms with Crippen molar-refractivity contribution in [1.29, 1.82) is 0 Å². The van der Waals surface area contributed by atoms with Gasteiger partial charge in [0, 0.05) is 6.04 Å². The summed E-state index contributed by atoms with van der Waals surface area (Å²) in [6, 6.07) is 0.461. The molecule has 0 radical (unpaired) electrons. The highest BCUT2D eigenvalue weighted by Gasteiger charge is 2.10. The normalized spacial score (nSPS) is 11.3. The summed E-state index contributed by atoms with van der Waals surface area (Å²) in [5.74, 6) is 0.255. The van der Waals surface area contributed by atoms with Gasteiger partial charge in [-0.25, -0.2) is 0 Å². The van der Waals surface area contributed by atoms with Gasteiger partial charge in [0.2, 0.25) is 0 Å². The Bertz CT molecular complexity index is 169. The van der Waals surface area contributed by atoms with Gasteiger partial charge in [0.15, 0.2) is 0 Å². The largest absolute Gasteiger partial charge is 0.330 e. The second-order valence-electron chi connectivity index (χ2n) is 4.47. The van der Waals surface area contributed by atoms with Crippen molar-refractivity contribution < 1.29 is 4.79 Å². The number of carbonyl (C=O) groups is 1. The summed E-state index contributed by atoms with van der Waals surface area (Å²) < 4.78 is 0. The van der Waals surface area contributed by atoms with E-state index in [1.165, 1.54) is 19.3 Å². The van der Waals surface area contributed by atoms with E-state index >= 15 is 0 Å². The molecule has 0 fully saturated rings. The van der Waals surface area contributed by atoms with Crippen molar-refractivity contribution in [3.63, 3.8) is 0 Å². The Balaban J connectivity index is 3.62. The zero-order valence-electron chi connectivity index (χ0n) is 10.5. The van der Waals surface area contributed by atoms with Gasteiger partial charge in [0.05, 0.1) is 6.54 Å². The molecule has 0 rings (SSSR count). The Kier molecular flexibility index (Phi) is 8.62. The number of Topliss-reactive ketones (excluding diaryl/α,β-unsaturated/α-hetero) is 1. The van der Waals surface area contributed by atoms with Crippen LogP contribution in [0, 0.1) is 0 Å². The minimum absolute atomic E-state index is 0.255. The molecule has 0 heterocycles. The number of hydrogen-bond donors (Lipinski definition) is 1. The SMILES string of the molecule is CC(=O)CN(CCCCCCN)C(C)C. The molecular formula is C12H26N2O. The summed E-state index contributed by atoms with van der Waals surface area (Å²) in [6.07, 6.45) is 4.72. The Morgan fingerprint density at radius 2 is 1.80 bits per heavy atom. The van der Waals surface area contributed by atoms with E-state index in [1.807, 2.05) is 0 Å². The quantitative estimate of drug-likeness (QED) is 0.595. The van der Waals surface area contributed by atoms with Gasteiger partial charge < -0.3 is 5.73 Å². The first kappa shape index (κ1) is 14.6. The summed E-state index contributed by atoms with van der Waals surface area (Å²) in [5.41, 5.74) is 5.43. The molecule has 0 aliphatic carbocycles. The first-order valence-electron chi connectivity index (χ1n) is 6.01. The molecule has 0 bridgehead atoms. The molecule has 0 unspecified atom stereocenters. The maximum atomic E-state index is 11.0. The van der Waals surface area contributed by atoms with Crippen LogP contribution in [0.15, 0.2) is 0 Å². The smallest absolute Gasteiger partial charge is 0.143 e. The van der Waals surface area contributed by atoms with Crippen LogP contribution < -0.4 is 5.73 Å². The first-order chi connectivity index (χ1) is 7.07. The van der Waals surface area contributed by atoms with Crippen molar-refractivity contribution in [2.75, 3.05) is 19.6 Å². The van der Waals surface area contributed by atoms with Crippen LogP contribution in [-0.2, 0) is 4.79 Å². The Morgan fingerprint density at radius 3 is 2.27 bits per heavy atom. The van der Waals surface area contributed by atoms with Crippen LogP contribution in [0.5, 0.6) is 0 Å². The van der Waals surface area contributed by atoms with Gasteiger partial charge in [-0.15, -0.1) is 0 Å². The number of ketones is 1. The summed E-state index contributed by atoms with van der Waals surface area (Å²) in [4.78, 5) is 13.3. The van der Waals surface area contributed by atoms with E-state index in [4.69, 9.17) is 5.73 Å². The Labute approximate surface area is 94.0 Å². The molecule has 2 N–H and O–H groups in total. The van der Waals surface area contributed by atoms with E-state index in [0.29, 0.717) is 12.6 Å². The summed E-state index contributed by atoms with van der Waals surface area (Å²) >= 11 is 0. The molecular weight excluding hydrogens is 188 g/mol. The fourth-order valence-electron chi connectivity index (χ4n) is 1.62. The predicted octanol–water partition coefficient (Wildman–Crippen LogP) is 1.80. The third-order valence-electron chi connectivity index (χ3n) is 2.56. The average molecular weight is 214 g/mol. The zero-order chi connectivity index (χ0) is 11.7. The number of rotatable bonds is 9. The molecule has 3 nitrogen and oxygen atoms in total. The standard InChI is InChI=1S/C12H26N2O/c1-11(2)14(10-12(3)15)9-7-5-4-6-8-13/h11H,4-10,13H2,1-3H3. The van der Waals surface area contributed by atoms with Crippen molar-refractivity contribution in [3.05, 3.63) is 0 Å². The van der Waals surface area contributed by atoms with E-state index in [0.717, 1.165) is 19.5 Å². The molecule has 0 aliphatic heterocycles. The summed E-state index contributed by atoms with van der Waals surface area (Å²) in [5, 5.41) is 0. The minimum atomic E-state index is 0.255. The van der Waals surface area contributed by atoms with Gasteiger partial charge in [0.1, 0.15) is 5.78 Å². The first-order valence-corrected chi connectivity index (χ1v) is 6.01. The Hall–Kier alpha value is -0.410. The van der Waals surface area contributed by atoms with Gasteiger partial charge in [-0.1, -0.05) is 12.8 Å². The molecule has 0 saturated heterocycles. The molecule has 0 spiro atoms. The number of unbranched alkanes of at least 4 members (excludes halogenated alkanes) is 3. The van der Waals surface area contributed by atoms with Crippen LogP contribution >= 0.6 is 0 Å². The fourth-order valence-corrected chi connectivity index (χ4v) is 1.62. The van der Waals surface area contributed by atoms with Gasteiger partial charge in [-0.3, -0.25) is 9.69 Å².